The molecule has 1 aromatic heterocycles. The zero-order chi connectivity index (χ0) is 13.1. The largest absolute Gasteiger partial charge is 0.376 e. The molecule has 1 aliphatic heterocycles. The third-order valence-electron chi connectivity index (χ3n) is 3.65. The molecule has 1 aliphatic rings. The Morgan fingerprint density at radius 2 is 2.32 bits per heavy atom. The minimum atomic E-state index is 0.362. The molecule has 19 heavy (non-hydrogen) atoms. The lowest BCUT2D eigenvalue weighted by molar-refractivity contribution is 0.636. The molecule has 3 rings (SSSR count). The summed E-state index contributed by atoms with van der Waals surface area (Å²) in [5.74, 6) is 0. The lowest BCUT2D eigenvalue weighted by atomic mass is 9.99. The van der Waals surface area contributed by atoms with E-state index in [-0.39, 0.29) is 0 Å². The molecule has 1 aromatic carbocycles. The molecule has 0 amide bonds. The molecular formula is C15H20N4. The summed E-state index contributed by atoms with van der Waals surface area (Å²) in [6.45, 7) is 5.00. The summed E-state index contributed by atoms with van der Waals surface area (Å²) in [5.41, 5.74) is 3.89. The van der Waals surface area contributed by atoms with Crippen molar-refractivity contribution in [3.05, 3.63) is 47.8 Å². The van der Waals surface area contributed by atoms with E-state index < -0.39 is 0 Å². The fourth-order valence-electron chi connectivity index (χ4n) is 2.62. The van der Waals surface area contributed by atoms with Crippen LogP contribution in [-0.4, -0.2) is 16.3 Å². The summed E-state index contributed by atoms with van der Waals surface area (Å²) in [4.78, 5) is 0. The third kappa shape index (κ3) is 2.63. The van der Waals surface area contributed by atoms with Crippen molar-refractivity contribution >= 4 is 5.69 Å². The number of nitrogens with one attached hydrogen (secondary N) is 2. The van der Waals surface area contributed by atoms with E-state index in [4.69, 9.17) is 0 Å². The zero-order valence-electron chi connectivity index (χ0n) is 11.3. The average Bonchev–Trinajstić information content (AvgIpc) is 2.80. The molecule has 4 nitrogen and oxygen atoms in total. The molecule has 0 bridgehead atoms. The van der Waals surface area contributed by atoms with Crippen molar-refractivity contribution in [3.8, 4) is 0 Å². The standard InChI is InChI=1S/C15H20N4/c1-2-19-11-13(10-17-19)18-15-7-8-16-9-12-5-3-4-6-14(12)15/h3-6,10-11,15-16,18H,2,7-9H2,1H3. The Bertz CT molecular complexity index is 547. The van der Waals surface area contributed by atoms with E-state index in [1.165, 1.54) is 11.1 Å². The van der Waals surface area contributed by atoms with E-state index in [1.54, 1.807) is 0 Å². The van der Waals surface area contributed by atoms with Gasteiger partial charge in [0.2, 0.25) is 0 Å². The molecule has 1 unspecified atom stereocenters. The second-order valence-electron chi connectivity index (χ2n) is 4.95. The van der Waals surface area contributed by atoms with Crippen LogP contribution in [0.5, 0.6) is 0 Å². The molecule has 2 heterocycles. The normalized spacial score (nSPS) is 18.7. The van der Waals surface area contributed by atoms with Gasteiger partial charge in [-0.1, -0.05) is 24.3 Å². The second-order valence-corrected chi connectivity index (χ2v) is 4.95. The second kappa shape index (κ2) is 5.45. The van der Waals surface area contributed by atoms with Crippen LogP contribution in [0.2, 0.25) is 0 Å². The van der Waals surface area contributed by atoms with Crippen LogP contribution in [0, 0.1) is 0 Å². The molecule has 0 aliphatic carbocycles. The van der Waals surface area contributed by atoms with Gasteiger partial charge in [0.05, 0.1) is 17.9 Å². The van der Waals surface area contributed by atoms with Crippen molar-refractivity contribution < 1.29 is 0 Å². The van der Waals surface area contributed by atoms with Gasteiger partial charge in [-0.05, 0) is 31.0 Å². The third-order valence-corrected chi connectivity index (χ3v) is 3.65. The van der Waals surface area contributed by atoms with Crippen molar-refractivity contribution in [1.82, 2.24) is 15.1 Å². The molecule has 1 atom stereocenters. The van der Waals surface area contributed by atoms with Gasteiger partial charge in [0.25, 0.3) is 0 Å². The first-order chi connectivity index (χ1) is 9.36. The monoisotopic (exact) mass is 256 g/mol. The highest BCUT2D eigenvalue weighted by Crippen LogP contribution is 2.27. The molecule has 100 valence electrons. The summed E-state index contributed by atoms with van der Waals surface area (Å²) >= 11 is 0. The lowest BCUT2D eigenvalue weighted by Crippen LogP contribution is -2.15. The first kappa shape index (κ1) is 12.2. The highest BCUT2D eigenvalue weighted by Gasteiger charge is 2.18. The maximum atomic E-state index is 4.32. The fraction of sp³-hybridized carbons (Fsp3) is 0.400. The predicted octanol–water partition coefficient (Wildman–Crippen LogP) is 2.55. The number of anilines is 1. The minimum absolute atomic E-state index is 0.362. The summed E-state index contributed by atoms with van der Waals surface area (Å²) in [6.07, 6.45) is 5.07. The minimum Gasteiger partial charge on any atom is -0.376 e. The quantitative estimate of drug-likeness (QED) is 0.887. The average molecular weight is 256 g/mol. The van der Waals surface area contributed by atoms with Gasteiger partial charge >= 0.3 is 0 Å². The first-order valence-corrected chi connectivity index (χ1v) is 6.94. The number of fused-ring (bicyclic) bond motifs is 1. The van der Waals surface area contributed by atoms with E-state index in [0.717, 1.165) is 31.7 Å². The van der Waals surface area contributed by atoms with E-state index in [0.29, 0.717) is 6.04 Å². The Morgan fingerprint density at radius 3 is 3.16 bits per heavy atom. The van der Waals surface area contributed by atoms with Gasteiger partial charge in [-0.25, -0.2) is 0 Å². The number of hydrogen-bond acceptors (Lipinski definition) is 3. The summed E-state index contributed by atoms with van der Waals surface area (Å²) in [5, 5.41) is 11.4. The van der Waals surface area contributed by atoms with E-state index >= 15 is 0 Å². The Labute approximate surface area is 113 Å². The Morgan fingerprint density at radius 1 is 1.42 bits per heavy atom. The van der Waals surface area contributed by atoms with Crippen LogP contribution in [0.4, 0.5) is 5.69 Å². The zero-order valence-corrected chi connectivity index (χ0v) is 11.3. The van der Waals surface area contributed by atoms with Gasteiger partial charge in [-0.3, -0.25) is 4.68 Å². The van der Waals surface area contributed by atoms with Crippen LogP contribution in [0.15, 0.2) is 36.7 Å². The van der Waals surface area contributed by atoms with Gasteiger partial charge in [0, 0.05) is 19.3 Å². The molecule has 0 saturated heterocycles. The van der Waals surface area contributed by atoms with Gasteiger partial charge in [0.1, 0.15) is 0 Å². The SMILES string of the molecule is CCn1cc(NC2CCNCc3ccccc32)cn1. The Balaban J connectivity index is 1.83. The Kier molecular flexibility index (Phi) is 3.51. The maximum absolute atomic E-state index is 4.32. The van der Waals surface area contributed by atoms with Crippen molar-refractivity contribution in [2.75, 3.05) is 11.9 Å². The van der Waals surface area contributed by atoms with E-state index in [9.17, 15) is 0 Å². The van der Waals surface area contributed by atoms with Crippen molar-refractivity contribution in [3.63, 3.8) is 0 Å². The molecule has 0 saturated carbocycles. The summed E-state index contributed by atoms with van der Waals surface area (Å²) in [7, 11) is 0. The topological polar surface area (TPSA) is 41.9 Å². The van der Waals surface area contributed by atoms with Crippen LogP contribution >= 0.6 is 0 Å². The number of nitrogens with zero attached hydrogens (tertiary/aromatic N) is 2. The van der Waals surface area contributed by atoms with Crippen LogP contribution in [0.25, 0.3) is 0 Å². The highest BCUT2D eigenvalue weighted by atomic mass is 15.3. The Hall–Kier alpha value is -1.81. The predicted molar refractivity (Wildman–Crippen MR) is 77.0 cm³/mol. The summed E-state index contributed by atoms with van der Waals surface area (Å²) < 4.78 is 1.95. The van der Waals surface area contributed by atoms with Crippen molar-refractivity contribution in [1.29, 1.82) is 0 Å². The summed E-state index contributed by atoms with van der Waals surface area (Å²) in [6, 6.07) is 9.02. The number of aromatic nitrogens is 2. The van der Waals surface area contributed by atoms with Gasteiger partial charge in [0.15, 0.2) is 0 Å². The van der Waals surface area contributed by atoms with Crippen LogP contribution in [-0.2, 0) is 13.1 Å². The van der Waals surface area contributed by atoms with Gasteiger partial charge < -0.3 is 10.6 Å². The molecule has 4 heteroatoms. The number of benzene rings is 1. The number of aryl methyl sites for hydroxylation is 1. The van der Waals surface area contributed by atoms with E-state index in [2.05, 4.69) is 53.1 Å². The van der Waals surface area contributed by atoms with Crippen LogP contribution in [0.3, 0.4) is 0 Å². The molecule has 0 spiro atoms. The fourth-order valence-corrected chi connectivity index (χ4v) is 2.62. The molecule has 0 radical (unpaired) electrons. The van der Waals surface area contributed by atoms with Crippen molar-refractivity contribution in [2.45, 2.75) is 32.5 Å². The molecule has 0 fully saturated rings. The van der Waals surface area contributed by atoms with E-state index in [1.807, 2.05) is 10.9 Å². The molecular weight excluding hydrogens is 236 g/mol. The van der Waals surface area contributed by atoms with Gasteiger partial charge in [-0.15, -0.1) is 0 Å². The lowest BCUT2D eigenvalue weighted by Gasteiger charge is -2.19. The highest BCUT2D eigenvalue weighted by molar-refractivity contribution is 5.44. The maximum Gasteiger partial charge on any atom is 0.0731 e. The number of rotatable bonds is 3. The smallest absolute Gasteiger partial charge is 0.0731 e. The van der Waals surface area contributed by atoms with Crippen LogP contribution < -0.4 is 10.6 Å². The molecule has 2 aromatic rings. The van der Waals surface area contributed by atoms with Gasteiger partial charge in [-0.2, -0.15) is 5.10 Å². The van der Waals surface area contributed by atoms with Crippen LogP contribution in [0.1, 0.15) is 30.5 Å². The van der Waals surface area contributed by atoms with Crippen molar-refractivity contribution in [2.24, 2.45) is 0 Å². The first-order valence-electron chi connectivity index (χ1n) is 6.94. The molecule has 2 N–H and O–H groups in total. The number of hydrogen-bond donors (Lipinski definition) is 2.